The van der Waals surface area contributed by atoms with E-state index in [0.717, 1.165) is 12.1 Å². The molecule has 2 aromatic rings. The first-order valence-corrected chi connectivity index (χ1v) is 6.91. The highest BCUT2D eigenvalue weighted by Crippen LogP contribution is 2.39. The van der Waals surface area contributed by atoms with Gasteiger partial charge in [0, 0.05) is 17.7 Å². The van der Waals surface area contributed by atoms with Crippen molar-refractivity contribution >= 4 is 0 Å². The van der Waals surface area contributed by atoms with Gasteiger partial charge in [-0.3, -0.25) is 0 Å². The Balaban J connectivity index is 2.50. The summed E-state index contributed by atoms with van der Waals surface area (Å²) < 4.78 is 24.9. The average molecular weight is 289 g/mol. The number of methoxy groups -OCH3 is 2. The van der Waals surface area contributed by atoms with Crippen molar-refractivity contribution in [3.8, 4) is 22.6 Å². The summed E-state index contributed by atoms with van der Waals surface area (Å²) >= 11 is 0. The molecule has 0 bridgehead atoms. The number of hydrogen-bond acceptors (Lipinski definition) is 3. The molecule has 0 aliphatic carbocycles. The minimum Gasteiger partial charge on any atom is -0.493 e. The molecule has 0 saturated heterocycles. The Hall–Kier alpha value is -2.07. The topological polar surface area (TPSA) is 30.5 Å². The molecule has 0 saturated carbocycles. The van der Waals surface area contributed by atoms with Crippen LogP contribution in [0.3, 0.4) is 0 Å². The van der Waals surface area contributed by atoms with Gasteiger partial charge < -0.3 is 14.8 Å². The van der Waals surface area contributed by atoms with Gasteiger partial charge >= 0.3 is 0 Å². The van der Waals surface area contributed by atoms with E-state index in [4.69, 9.17) is 9.47 Å². The van der Waals surface area contributed by atoms with E-state index < -0.39 is 0 Å². The monoisotopic (exact) mass is 289 g/mol. The fourth-order valence-corrected chi connectivity index (χ4v) is 2.26. The lowest BCUT2D eigenvalue weighted by Crippen LogP contribution is -2.11. The molecule has 0 aliphatic rings. The number of nitrogens with one attached hydrogen (secondary N) is 1. The van der Waals surface area contributed by atoms with E-state index in [1.165, 1.54) is 6.07 Å². The summed E-state index contributed by atoms with van der Waals surface area (Å²) in [6.07, 6.45) is 0. The van der Waals surface area contributed by atoms with Crippen molar-refractivity contribution in [1.29, 1.82) is 0 Å². The van der Waals surface area contributed by atoms with Gasteiger partial charge in [0.2, 0.25) is 0 Å². The molecule has 0 amide bonds. The van der Waals surface area contributed by atoms with Gasteiger partial charge in [-0.15, -0.1) is 0 Å². The summed E-state index contributed by atoms with van der Waals surface area (Å²) in [6, 6.07) is 10.6. The summed E-state index contributed by atoms with van der Waals surface area (Å²) in [5, 5.41) is 3.24. The summed E-state index contributed by atoms with van der Waals surface area (Å²) in [6.45, 7) is 3.61. The molecule has 112 valence electrons. The average Bonchev–Trinajstić information content (AvgIpc) is 2.53. The standard InChI is InChI=1S/C17H20FNO2/c1-4-19-11-12-8-9-15(18)14(10-12)13-6-5-7-16(20-2)17(13)21-3/h5-10,19H,4,11H2,1-3H3. The van der Waals surface area contributed by atoms with Gasteiger partial charge in [0.25, 0.3) is 0 Å². The van der Waals surface area contributed by atoms with Gasteiger partial charge in [-0.2, -0.15) is 0 Å². The van der Waals surface area contributed by atoms with Gasteiger partial charge in [-0.05, 0) is 30.3 Å². The molecule has 0 atom stereocenters. The maximum Gasteiger partial charge on any atom is 0.168 e. The molecular weight excluding hydrogens is 269 g/mol. The molecule has 4 heteroatoms. The zero-order chi connectivity index (χ0) is 15.2. The van der Waals surface area contributed by atoms with Crippen LogP contribution in [0.15, 0.2) is 36.4 Å². The first kappa shape index (κ1) is 15.3. The highest BCUT2D eigenvalue weighted by Gasteiger charge is 2.15. The minimum absolute atomic E-state index is 0.276. The lowest BCUT2D eigenvalue weighted by Gasteiger charge is -2.14. The van der Waals surface area contributed by atoms with E-state index >= 15 is 0 Å². The fraction of sp³-hybridized carbons (Fsp3) is 0.294. The van der Waals surface area contributed by atoms with Crippen LogP contribution in [0.1, 0.15) is 12.5 Å². The SMILES string of the molecule is CCNCc1ccc(F)c(-c2cccc(OC)c2OC)c1. The van der Waals surface area contributed by atoms with E-state index in [-0.39, 0.29) is 5.82 Å². The van der Waals surface area contributed by atoms with Crippen LogP contribution < -0.4 is 14.8 Å². The molecule has 2 aromatic carbocycles. The first-order chi connectivity index (χ1) is 10.2. The molecule has 21 heavy (non-hydrogen) atoms. The Labute approximate surface area is 124 Å². The third-order valence-electron chi connectivity index (χ3n) is 3.30. The Morgan fingerprint density at radius 3 is 2.52 bits per heavy atom. The number of benzene rings is 2. The third kappa shape index (κ3) is 3.34. The molecule has 0 radical (unpaired) electrons. The van der Waals surface area contributed by atoms with Crippen molar-refractivity contribution in [2.24, 2.45) is 0 Å². The van der Waals surface area contributed by atoms with E-state index in [9.17, 15) is 4.39 Å². The predicted octanol–water partition coefficient (Wildman–Crippen LogP) is 3.62. The van der Waals surface area contributed by atoms with Crippen molar-refractivity contribution < 1.29 is 13.9 Å². The summed E-state index contributed by atoms with van der Waals surface area (Å²) in [5.74, 6) is 0.854. The van der Waals surface area contributed by atoms with Crippen LogP contribution in [0.2, 0.25) is 0 Å². The maximum atomic E-state index is 14.2. The maximum absolute atomic E-state index is 14.2. The van der Waals surface area contributed by atoms with Crippen LogP contribution in [-0.2, 0) is 6.54 Å². The smallest absolute Gasteiger partial charge is 0.168 e. The minimum atomic E-state index is -0.276. The Morgan fingerprint density at radius 2 is 1.86 bits per heavy atom. The van der Waals surface area contributed by atoms with Crippen molar-refractivity contribution in [3.63, 3.8) is 0 Å². The van der Waals surface area contributed by atoms with Gasteiger partial charge in [0.05, 0.1) is 14.2 Å². The summed E-state index contributed by atoms with van der Waals surface area (Å²) in [7, 11) is 3.13. The number of halogens is 1. The number of rotatable bonds is 6. The molecule has 0 unspecified atom stereocenters. The van der Waals surface area contributed by atoms with Crippen LogP contribution in [-0.4, -0.2) is 20.8 Å². The van der Waals surface area contributed by atoms with E-state index in [2.05, 4.69) is 5.32 Å². The van der Waals surface area contributed by atoms with E-state index in [1.807, 2.05) is 25.1 Å². The van der Waals surface area contributed by atoms with Gasteiger partial charge in [-0.1, -0.05) is 25.1 Å². The van der Waals surface area contributed by atoms with Crippen LogP contribution in [0.25, 0.3) is 11.1 Å². The largest absolute Gasteiger partial charge is 0.493 e. The second-order valence-electron chi connectivity index (χ2n) is 4.64. The van der Waals surface area contributed by atoms with Crippen molar-refractivity contribution in [1.82, 2.24) is 5.32 Å². The Bertz CT molecular complexity index is 614. The Kier molecular flexibility index (Phi) is 5.17. The quantitative estimate of drug-likeness (QED) is 0.881. The van der Waals surface area contributed by atoms with Crippen LogP contribution >= 0.6 is 0 Å². The second kappa shape index (κ2) is 7.09. The third-order valence-corrected chi connectivity index (χ3v) is 3.30. The zero-order valence-corrected chi connectivity index (χ0v) is 12.6. The number of hydrogen-bond donors (Lipinski definition) is 1. The fourth-order valence-electron chi connectivity index (χ4n) is 2.26. The molecule has 0 heterocycles. The molecule has 0 fully saturated rings. The summed E-state index contributed by atoms with van der Waals surface area (Å²) in [4.78, 5) is 0. The van der Waals surface area contributed by atoms with Crippen LogP contribution in [0.5, 0.6) is 11.5 Å². The highest BCUT2D eigenvalue weighted by atomic mass is 19.1. The van der Waals surface area contributed by atoms with Gasteiger partial charge in [0.1, 0.15) is 5.82 Å². The van der Waals surface area contributed by atoms with Crippen LogP contribution in [0, 0.1) is 5.82 Å². The lowest BCUT2D eigenvalue weighted by atomic mass is 10.0. The zero-order valence-electron chi connectivity index (χ0n) is 12.6. The Morgan fingerprint density at radius 1 is 1.05 bits per heavy atom. The second-order valence-corrected chi connectivity index (χ2v) is 4.64. The predicted molar refractivity (Wildman–Crippen MR) is 82.3 cm³/mol. The summed E-state index contributed by atoms with van der Waals surface area (Å²) in [5.41, 5.74) is 2.23. The number of ether oxygens (including phenoxy) is 2. The molecule has 0 aromatic heterocycles. The van der Waals surface area contributed by atoms with Crippen molar-refractivity contribution in [2.45, 2.75) is 13.5 Å². The molecule has 0 aliphatic heterocycles. The molecular formula is C17H20FNO2. The van der Waals surface area contributed by atoms with E-state index in [0.29, 0.717) is 29.2 Å². The molecule has 1 N–H and O–H groups in total. The first-order valence-electron chi connectivity index (χ1n) is 6.91. The van der Waals surface area contributed by atoms with E-state index in [1.54, 1.807) is 26.4 Å². The van der Waals surface area contributed by atoms with Gasteiger partial charge in [-0.25, -0.2) is 4.39 Å². The van der Waals surface area contributed by atoms with Crippen molar-refractivity contribution in [3.05, 3.63) is 47.8 Å². The normalized spacial score (nSPS) is 10.5. The number of para-hydroxylation sites is 1. The molecule has 0 spiro atoms. The highest BCUT2D eigenvalue weighted by molar-refractivity contribution is 5.74. The van der Waals surface area contributed by atoms with Crippen LogP contribution in [0.4, 0.5) is 4.39 Å². The lowest BCUT2D eigenvalue weighted by molar-refractivity contribution is 0.356. The molecule has 2 rings (SSSR count). The van der Waals surface area contributed by atoms with Gasteiger partial charge in [0.15, 0.2) is 11.5 Å². The van der Waals surface area contributed by atoms with Crippen molar-refractivity contribution in [2.75, 3.05) is 20.8 Å². The molecule has 3 nitrogen and oxygen atoms in total.